The van der Waals surface area contributed by atoms with Gasteiger partial charge in [0.1, 0.15) is 0 Å². The predicted octanol–water partition coefficient (Wildman–Crippen LogP) is 1.03. The molecular weight excluding hydrogens is 368 g/mol. The van der Waals surface area contributed by atoms with E-state index in [1.807, 2.05) is 30.3 Å². The molecule has 2 heterocycles. The molecule has 1 fully saturated rings. The average Bonchev–Trinajstić information content (AvgIpc) is 2.99. The molecule has 0 saturated carbocycles. The smallest absolute Gasteiger partial charge is 0.223 e. The second-order valence-electron chi connectivity index (χ2n) is 6.79. The molecule has 0 N–H and O–H groups in total. The fraction of sp³-hybridized carbons (Fsp3) is 0.500. The van der Waals surface area contributed by atoms with Crippen LogP contribution in [-0.4, -0.2) is 65.6 Å². The van der Waals surface area contributed by atoms with Crippen LogP contribution in [0.5, 0.6) is 0 Å². The first kappa shape index (κ1) is 19.5. The third kappa shape index (κ3) is 5.14. The number of sulfonamides is 1. The van der Waals surface area contributed by atoms with Crippen LogP contribution in [0.25, 0.3) is 0 Å². The summed E-state index contributed by atoms with van der Waals surface area (Å²) >= 11 is 0. The number of aromatic nitrogens is 2. The normalized spacial score (nSPS) is 15.1. The minimum atomic E-state index is -3.38. The topological polar surface area (TPSA) is 96.6 Å². The largest absolute Gasteiger partial charge is 0.340 e. The molecule has 1 aromatic carbocycles. The van der Waals surface area contributed by atoms with Crippen LogP contribution in [0.4, 0.5) is 0 Å². The SMILES string of the molecule is Cc1nc(CCN(C2CN(C(=O)CCc3ccccc3)C2)S(C)(=O)=O)no1. The summed E-state index contributed by atoms with van der Waals surface area (Å²) in [5.74, 6) is 0.989. The van der Waals surface area contributed by atoms with E-state index in [1.54, 1.807) is 11.8 Å². The van der Waals surface area contributed by atoms with Crippen molar-refractivity contribution < 1.29 is 17.7 Å². The van der Waals surface area contributed by atoms with Gasteiger partial charge in [-0.2, -0.15) is 9.29 Å². The Morgan fingerprint density at radius 1 is 1.26 bits per heavy atom. The molecule has 0 atom stereocenters. The van der Waals surface area contributed by atoms with Gasteiger partial charge in [-0.25, -0.2) is 8.42 Å². The number of rotatable bonds is 8. The summed E-state index contributed by atoms with van der Waals surface area (Å²) in [6.45, 7) is 2.81. The zero-order valence-electron chi connectivity index (χ0n) is 15.5. The van der Waals surface area contributed by atoms with Crippen molar-refractivity contribution >= 4 is 15.9 Å². The Hall–Kier alpha value is -2.26. The first-order chi connectivity index (χ1) is 12.8. The average molecular weight is 392 g/mol. The molecule has 146 valence electrons. The predicted molar refractivity (Wildman–Crippen MR) is 99.4 cm³/mol. The van der Waals surface area contributed by atoms with Crippen LogP contribution in [-0.2, 0) is 27.7 Å². The van der Waals surface area contributed by atoms with Gasteiger partial charge in [0.05, 0.1) is 12.3 Å². The van der Waals surface area contributed by atoms with Crippen molar-refractivity contribution in [1.82, 2.24) is 19.3 Å². The highest BCUT2D eigenvalue weighted by Crippen LogP contribution is 2.20. The van der Waals surface area contributed by atoms with E-state index in [0.717, 1.165) is 5.56 Å². The molecular formula is C18H24N4O4S. The lowest BCUT2D eigenvalue weighted by Crippen LogP contribution is -2.62. The molecule has 0 aliphatic carbocycles. The Bertz CT molecular complexity index is 876. The van der Waals surface area contributed by atoms with Gasteiger partial charge in [0.25, 0.3) is 0 Å². The summed E-state index contributed by atoms with van der Waals surface area (Å²) in [5.41, 5.74) is 1.12. The maximum Gasteiger partial charge on any atom is 0.223 e. The van der Waals surface area contributed by atoms with Crippen molar-refractivity contribution in [2.45, 2.75) is 32.2 Å². The van der Waals surface area contributed by atoms with E-state index in [9.17, 15) is 13.2 Å². The van der Waals surface area contributed by atoms with Crippen LogP contribution in [0, 0.1) is 6.92 Å². The van der Waals surface area contributed by atoms with Crippen molar-refractivity contribution in [3.05, 3.63) is 47.6 Å². The second-order valence-corrected chi connectivity index (χ2v) is 8.73. The Balaban J connectivity index is 1.50. The highest BCUT2D eigenvalue weighted by Gasteiger charge is 2.38. The lowest BCUT2D eigenvalue weighted by Gasteiger charge is -2.44. The highest BCUT2D eigenvalue weighted by atomic mass is 32.2. The van der Waals surface area contributed by atoms with E-state index in [0.29, 0.717) is 44.1 Å². The van der Waals surface area contributed by atoms with Crippen LogP contribution >= 0.6 is 0 Å². The summed E-state index contributed by atoms with van der Waals surface area (Å²) in [4.78, 5) is 18.1. The Morgan fingerprint density at radius 3 is 2.56 bits per heavy atom. The molecule has 1 amide bonds. The zero-order valence-corrected chi connectivity index (χ0v) is 16.4. The van der Waals surface area contributed by atoms with Crippen LogP contribution in [0.15, 0.2) is 34.9 Å². The van der Waals surface area contributed by atoms with Gasteiger partial charge in [-0.3, -0.25) is 4.79 Å². The summed E-state index contributed by atoms with van der Waals surface area (Å²) in [6, 6.07) is 9.65. The van der Waals surface area contributed by atoms with E-state index in [1.165, 1.54) is 10.6 Å². The van der Waals surface area contributed by atoms with Crippen molar-refractivity contribution in [2.24, 2.45) is 0 Å². The molecule has 3 rings (SSSR count). The summed E-state index contributed by atoms with van der Waals surface area (Å²) in [7, 11) is -3.38. The number of carbonyl (C=O) groups excluding carboxylic acids is 1. The van der Waals surface area contributed by atoms with E-state index < -0.39 is 10.0 Å². The van der Waals surface area contributed by atoms with Crippen LogP contribution in [0.2, 0.25) is 0 Å². The van der Waals surface area contributed by atoms with Crippen LogP contribution in [0.3, 0.4) is 0 Å². The maximum atomic E-state index is 12.3. The Labute approximate surface area is 159 Å². The number of hydrogen-bond donors (Lipinski definition) is 0. The Kier molecular flexibility index (Phi) is 5.91. The Morgan fingerprint density at radius 2 is 1.96 bits per heavy atom. The van der Waals surface area contributed by atoms with Gasteiger partial charge in [-0.05, 0) is 12.0 Å². The number of carbonyl (C=O) groups is 1. The quantitative estimate of drug-likeness (QED) is 0.666. The first-order valence-corrected chi connectivity index (χ1v) is 10.8. The maximum absolute atomic E-state index is 12.3. The van der Waals surface area contributed by atoms with Crippen LogP contribution < -0.4 is 0 Å². The van der Waals surface area contributed by atoms with Gasteiger partial charge >= 0.3 is 0 Å². The summed E-state index contributed by atoms with van der Waals surface area (Å²) in [5, 5.41) is 3.80. The highest BCUT2D eigenvalue weighted by molar-refractivity contribution is 7.88. The van der Waals surface area contributed by atoms with Crippen molar-refractivity contribution in [3.8, 4) is 0 Å². The fourth-order valence-corrected chi connectivity index (χ4v) is 4.27. The van der Waals surface area contributed by atoms with Crippen molar-refractivity contribution in [1.29, 1.82) is 0 Å². The van der Waals surface area contributed by atoms with E-state index in [4.69, 9.17) is 4.52 Å². The monoisotopic (exact) mass is 392 g/mol. The molecule has 2 aromatic rings. The lowest BCUT2D eigenvalue weighted by atomic mass is 10.1. The molecule has 1 aliphatic heterocycles. The standard InChI is InChI=1S/C18H24N4O4S/c1-14-19-17(20-26-14)10-11-22(27(2,24)25)16-12-21(13-16)18(23)9-8-15-6-4-3-5-7-15/h3-7,16H,8-13H2,1-2H3. The number of aryl methyl sites for hydroxylation is 2. The minimum absolute atomic E-state index is 0.0531. The zero-order chi connectivity index (χ0) is 19.4. The molecule has 0 spiro atoms. The van der Waals surface area contributed by atoms with Crippen molar-refractivity contribution in [3.63, 3.8) is 0 Å². The number of likely N-dealkylation sites (tertiary alicyclic amines) is 1. The molecule has 8 nitrogen and oxygen atoms in total. The molecule has 1 aliphatic rings. The third-order valence-electron chi connectivity index (χ3n) is 4.64. The number of nitrogens with zero attached hydrogens (tertiary/aromatic N) is 4. The molecule has 1 saturated heterocycles. The number of hydrogen-bond acceptors (Lipinski definition) is 6. The number of benzene rings is 1. The minimum Gasteiger partial charge on any atom is -0.340 e. The summed E-state index contributed by atoms with van der Waals surface area (Å²) in [6.07, 6.45) is 2.68. The molecule has 0 unspecified atom stereocenters. The van der Waals surface area contributed by atoms with Crippen molar-refractivity contribution in [2.75, 3.05) is 25.9 Å². The van der Waals surface area contributed by atoms with E-state index in [-0.39, 0.29) is 18.5 Å². The second kappa shape index (κ2) is 8.18. The van der Waals surface area contributed by atoms with Crippen LogP contribution in [0.1, 0.15) is 23.7 Å². The van der Waals surface area contributed by atoms with Gasteiger partial charge in [0, 0.05) is 39.4 Å². The molecule has 0 radical (unpaired) electrons. The van der Waals surface area contributed by atoms with Gasteiger partial charge in [0.2, 0.25) is 21.8 Å². The van der Waals surface area contributed by atoms with E-state index in [2.05, 4.69) is 10.1 Å². The lowest BCUT2D eigenvalue weighted by molar-refractivity contribution is -0.137. The van der Waals surface area contributed by atoms with Gasteiger partial charge in [0.15, 0.2) is 5.82 Å². The molecule has 9 heteroatoms. The molecule has 1 aromatic heterocycles. The third-order valence-corrected chi connectivity index (χ3v) is 5.98. The fourth-order valence-electron chi connectivity index (χ4n) is 3.17. The van der Waals surface area contributed by atoms with Gasteiger partial charge in [-0.1, -0.05) is 35.5 Å². The van der Waals surface area contributed by atoms with Gasteiger partial charge in [-0.15, -0.1) is 0 Å². The first-order valence-electron chi connectivity index (χ1n) is 8.90. The molecule has 0 bridgehead atoms. The van der Waals surface area contributed by atoms with E-state index >= 15 is 0 Å². The number of amides is 1. The molecule has 27 heavy (non-hydrogen) atoms. The van der Waals surface area contributed by atoms with Gasteiger partial charge < -0.3 is 9.42 Å². The summed E-state index contributed by atoms with van der Waals surface area (Å²) < 4.78 is 30.6.